The van der Waals surface area contributed by atoms with Crippen LogP contribution in [-0.4, -0.2) is 87.2 Å². The Bertz CT molecular complexity index is 4410. The van der Waals surface area contributed by atoms with Crippen molar-refractivity contribution in [2.75, 3.05) is 41.0 Å². The minimum Gasteiger partial charge on any atom is -0.478 e. The largest absolute Gasteiger partial charge is 0.478 e. The fourth-order valence-electron chi connectivity index (χ4n) is 7.44. The summed E-state index contributed by atoms with van der Waals surface area (Å²) >= 11 is 16.0. The van der Waals surface area contributed by atoms with Gasteiger partial charge in [-0.3, -0.25) is 82.0 Å². The Hall–Kier alpha value is -9.93. The molecule has 0 aliphatic heterocycles. The highest BCUT2D eigenvalue weighted by molar-refractivity contribution is 14.1. The fourth-order valence-corrected chi connectivity index (χ4v) is 9.68. The first-order valence-corrected chi connectivity index (χ1v) is 36.4. The highest BCUT2D eigenvalue weighted by Crippen LogP contribution is 2.17. The molecule has 580 valence electrons. The molecule has 0 atom stereocenters. The molecule has 11 aromatic rings. The third-order valence-electron chi connectivity index (χ3n) is 12.9. The number of carbonyl (C=O) groups is 4. The van der Waals surface area contributed by atoms with E-state index in [1.807, 2.05) is 205 Å². The third kappa shape index (κ3) is 42.4. The number of hydrogen-bond donors (Lipinski definition) is 13. The third-order valence-corrected chi connectivity index (χ3v) is 16.0. The summed E-state index contributed by atoms with van der Waals surface area (Å²) in [4.78, 5) is 80.4. The Balaban J connectivity index is 0.000000619. The molecule has 0 radical (unpaired) electrons. The van der Waals surface area contributed by atoms with Gasteiger partial charge in [-0.05, 0) is 293 Å². The number of nitrogen functional groups attached to an aromatic ring is 3. The van der Waals surface area contributed by atoms with E-state index in [1.54, 1.807) is 99.0 Å². The van der Waals surface area contributed by atoms with E-state index < -0.39 is 22.9 Å². The second-order valence-corrected chi connectivity index (χ2v) is 26.8. The van der Waals surface area contributed by atoms with Gasteiger partial charge in [0.15, 0.2) is 0 Å². The first-order chi connectivity index (χ1) is 51.5. The summed E-state index contributed by atoms with van der Waals surface area (Å²) in [7, 11) is 1.98. The van der Waals surface area contributed by atoms with E-state index in [-0.39, 0.29) is 23.9 Å². The highest BCUT2D eigenvalue weighted by atomic mass is 127. The van der Waals surface area contributed by atoms with Crippen LogP contribution in [0.1, 0.15) is 106 Å². The van der Waals surface area contributed by atoms with E-state index in [9.17, 15) is 24.0 Å². The maximum atomic E-state index is 11.9. The molecule has 0 aliphatic rings. The number of aromatic carboxylic acids is 1. The number of carbonyl (C=O) groups excluding carboxylic acids is 3. The number of pyridine rings is 6. The van der Waals surface area contributed by atoms with Crippen LogP contribution in [0.5, 0.6) is 0 Å². The summed E-state index contributed by atoms with van der Waals surface area (Å²) in [6.45, 7) is 20.3. The number of H-pyrrole nitrogens is 1. The number of nitrogens with one attached hydrogen (secondary N) is 9. The van der Waals surface area contributed by atoms with Crippen LogP contribution in [0.3, 0.4) is 0 Å². The predicted molar refractivity (Wildman–Crippen MR) is 462 cm³/mol. The van der Waals surface area contributed by atoms with Crippen molar-refractivity contribution in [3.63, 3.8) is 0 Å². The van der Waals surface area contributed by atoms with Gasteiger partial charge in [0, 0.05) is 50.4 Å². The number of para-hydroxylation sites is 1. The van der Waals surface area contributed by atoms with Crippen LogP contribution in [0.4, 0.5) is 33.2 Å². The number of amides is 2. The molecule has 35 heteroatoms. The maximum absolute atomic E-state index is 11.9. The first-order valence-electron chi connectivity index (χ1n) is 32.4. The van der Waals surface area contributed by atoms with Crippen molar-refractivity contribution in [3.8, 4) is 5.69 Å². The lowest BCUT2D eigenvalue weighted by atomic mass is 10.2. The fraction of sp³-hybridized carbons (Fsp3) is 0.203. The average Bonchev–Trinajstić information content (AvgIpc) is 1.65. The lowest BCUT2D eigenvalue weighted by Gasteiger charge is -2.20. The molecule has 0 bridgehead atoms. The second-order valence-electron chi connectivity index (χ2n) is 22.8. The minimum atomic E-state index is -0.870. The molecule has 11 rings (SSSR count). The van der Waals surface area contributed by atoms with Gasteiger partial charge in [-0.2, -0.15) is 5.53 Å². The van der Waals surface area contributed by atoms with Gasteiger partial charge >= 0.3 is 12.1 Å². The van der Waals surface area contributed by atoms with Gasteiger partial charge in [0.1, 0.15) is 5.60 Å². The van der Waals surface area contributed by atoms with E-state index in [0.717, 1.165) is 85.4 Å². The normalized spacial score (nSPS) is 9.71. The number of carboxylic acid groups (broad SMARTS) is 1. The Morgan fingerprint density at radius 3 is 1.30 bits per heavy atom. The van der Waals surface area contributed by atoms with Crippen molar-refractivity contribution >= 4 is 166 Å². The molecule has 109 heavy (non-hydrogen) atoms. The molecule has 16 N–H and O–H groups in total. The molecule has 0 unspecified atom stereocenters. The number of benzene rings is 4. The Kier molecular flexibility index (Phi) is 49.4. The average molecular weight is 1890 g/mol. The number of aromatic nitrogens is 8. The van der Waals surface area contributed by atoms with Gasteiger partial charge in [-0.15, -0.1) is 12.4 Å². The number of hydrogen-bond acceptors (Lipinski definition) is 22. The van der Waals surface area contributed by atoms with Gasteiger partial charge < -0.3 is 31.7 Å². The number of fused-ring (bicyclic) bond motifs is 1. The first kappa shape index (κ1) is 97.1. The monoisotopic (exact) mass is 1880 g/mol. The number of halogens is 6. The molecule has 0 saturated carbocycles. The molecular weight excluding hydrogens is 1800 g/mol. The molecule has 7 heterocycles. The minimum absolute atomic E-state index is 0. The lowest BCUT2D eigenvalue weighted by Crippen LogP contribution is -2.35. The molecule has 7 aromatic heterocycles. The van der Waals surface area contributed by atoms with Crippen LogP contribution >= 0.6 is 104 Å². The predicted octanol–water partition coefficient (Wildman–Crippen LogP) is 17.0. The molecule has 29 nitrogen and oxygen atoms in total. The van der Waals surface area contributed by atoms with Crippen LogP contribution in [0.2, 0.25) is 0 Å². The lowest BCUT2D eigenvalue weighted by molar-refractivity contribution is 0.0540. The summed E-state index contributed by atoms with van der Waals surface area (Å²) in [6, 6.07) is 51.5. The number of nitrogens with zero attached hydrogens (tertiary/aromatic N) is 10. The summed E-state index contributed by atoms with van der Waals surface area (Å²) in [6.07, 6.45) is 12.2. The van der Waals surface area contributed by atoms with E-state index in [1.165, 1.54) is 12.8 Å². The quantitative estimate of drug-likeness (QED) is 0.0120. The number of rotatable bonds is 14. The summed E-state index contributed by atoms with van der Waals surface area (Å²) in [5, 5.41) is 19.8. The van der Waals surface area contributed by atoms with Crippen LogP contribution in [0.25, 0.3) is 16.6 Å². The molecule has 4 aromatic carbocycles. The van der Waals surface area contributed by atoms with Crippen molar-refractivity contribution in [3.05, 3.63) is 279 Å². The van der Waals surface area contributed by atoms with Gasteiger partial charge in [0.2, 0.25) is 0 Å². The van der Waals surface area contributed by atoms with Crippen LogP contribution in [-0.2, 0) is 4.74 Å². The molecular formula is C74H90Cl3I3N22O7. The summed E-state index contributed by atoms with van der Waals surface area (Å²) in [5.41, 5.74) is 39.2. The van der Waals surface area contributed by atoms with Crippen LogP contribution in [0, 0.1) is 57.8 Å². The number of nitrogens with two attached hydrogens (primary N) is 3. The van der Waals surface area contributed by atoms with Gasteiger partial charge in [0.25, 0.3) is 16.7 Å². The second kappa shape index (κ2) is 55.5. The van der Waals surface area contributed by atoms with Crippen LogP contribution in [0.15, 0.2) is 227 Å². The highest BCUT2D eigenvalue weighted by Gasteiger charge is 2.16. The topological polar surface area (TPSA) is 436 Å². The Labute approximate surface area is 690 Å². The number of carboxylic acids is 1. The maximum Gasteiger partial charge on any atom is 0.426 e. The van der Waals surface area contributed by atoms with Gasteiger partial charge in [0.05, 0.1) is 105 Å². The van der Waals surface area contributed by atoms with Gasteiger partial charge in [-0.25, -0.2) is 15.0 Å². The SMILES string of the molecule is CCCCNC.Cc1ccc(-n2[nH]c(=O)c3ccccc32)cn1.Cc1ccc(N)cn1.Cc1ccc(NN)cn1.Cc1ccc(NN)cn1.Cc1ccc(NNC(=O)OC(C)(C)C)cn1.Cc1ccc(NNC(=O)c2ccccc2I)cn1.Cl.N=NN=NCl.O=C(Cl)c1ccccc1I.O=C(O)c1ccccc1I. The van der Waals surface area contributed by atoms with Crippen molar-refractivity contribution < 1.29 is 29.0 Å². The smallest absolute Gasteiger partial charge is 0.426 e. The molecule has 0 spiro atoms. The van der Waals surface area contributed by atoms with Crippen LogP contribution < -0.4 is 60.8 Å². The Morgan fingerprint density at radius 2 is 0.982 bits per heavy atom. The van der Waals surface area contributed by atoms with Crippen molar-refractivity contribution in [2.45, 2.75) is 87.7 Å². The molecule has 0 fully saturated rings. The number of anilines is 5. The van der Waals surface area contributed by atoms with E-state index in [4.69, 9.17) is 44.4 Å². The van der Waals surface area contributed by atoms with E-state index >= 15 is 0 Å². The molecule has 2 amide bonds. The molecule has 0 aliphatic carbocycles. The Morgan fingerprint density at radius 1 is 0.578 bits per heavy atom. The zero-order valence-corrected chi connectivity index (χ0v) is 70.5. The summed E-state index contributed by atoms with van der Waals surface area (Å²) in [5.74, 6) is 9.18. The van der Waals surface area contributed by atoms with Crippen molar-refractivity contribution in [1.29, 1.82) is 5.53 Å². The van der Waals surface area contributed by atoms with Crippen molar-refractivity contribution in [2.24, 2.45) is 26.8 Å². The van der Waals surface area contributed by atoms with E-state index in [2.05, 4.69) is 152 Å². The van der Waals surface area contributed by atoms with Crippen molar-refractivity contribution in [1.82, 2.24) is 55.9 Å². The number of aryl methyl sites for hydroxylation is 6. The number of ether oxygens (including phenoxy) is 1. The summed E-state index contributed by atoms with van der Waals surface area (Å²) < 4.78 is 12.0. The number of aromatic amines is 1. The zero-order chi connectivity index (χ0) is 80.4. The van der Waals surface area contributed by atoms with E-state index in [0.29, 0.717) is 27.8 Å². The van der Waals surface area contributed by atoms with Gasteiger partial charge in [-0.1, -0.05) is 66.5 Å². The zero-order valence-electron chi connectivity index (χ0n) is 61.7. The number of hydrazine groups is 4. The molecule has 0 saturated heterocycles. The standard InChI is InChI=1S/C13H12IN3O.C13H11N3O.C11H17N3O2.C7H4ClIO.C7H5IO2.2C6H9N3.C6H8N2.C5H13N.ClHN4.ClH/c1-9-6-7-10(8-15-9)16-17-13(18)11-4-2-3-5-12(11)14;1-9-6-7-10(8-14-9)16-12-5-3-2-4-11(12)13(17)15-16;1-8-5-6-9(7-12-8)13-14-10(15)16-11(2,3)4;8-7(10)5-3-1-2-4-6(5)9;8-6-4-2-1-3-5(6)7(9)10;2*1-5-2-3-6(9-7)4-8-5;1-5-2-3-6(7)4-8-5;1-3-4-5-6-2;1-3-5-4-2;/h2-8,16H,1H3,(H,17,18);2-8H,1H3,(H,15,17);5-7,13H,1-4H3,(H,14,15);1-4H;1-4H,(H,9,10);2*2-4,9H,7H2,1H3;2-4H,7H2,1H3;6H,3-5H2,1-2H3;2H;1H. The number of unbranched alkanes of at least 4 members (excludes halogenated alkanes) is 1.